The van der Waals surface area contributed by atoms with Crippen LogP contribution in [-0.4, -0.2) is 42.9 Å². The van der Waals surface area contributed by atoms with E-state index in [4.69, 9.17) is 5.73 Å². The summed E-state index contributed by atoms with van der Waals surface area (Å²) < 4.78 is 39.8. The highest BCUT2D eigenvalue weighted by Crippen LogP contribution is 2.21. The number of primary amides is 1. The Kier molecular flexibility index (Phi) is 3.20. The maximum atomic E-state index is 11.8. The van der Waals surface area contributed by atoms with Crippen LogP contribution in [0.2, 0.25) is 0 Å². The fourth-order valence-electron chi connectivity index (χ4n) is 1.23. The molecule has 14 heavy (non-hydrogen) atoms. The molecule has 1 rings (SSSR count). The Bertz CT molecular complexity index is 213. The second-order valence-electron chi connectivity index (χ2n) is 3.18. The van der Waals surface area contributed by atoms with Crippen LogP contribution < -0.4 is 5.73 Å². The molecule has 0 aromatic heterocycles. The monoisotopic (exact) mass is 212 g/mol. The van der Waals surface area contributed by atoms with Gasteiger partial charge in [-0.3, -0.25) is 4.90 Å². The molecular formula is C7H11F3N2O2. The molecule has 0 unspecified atom stereocenters. The number of rotatable bonds is 3. The third kappa shape index (κ3) is 3.82. The van der Waals surface area contributed by atoms with Gasteiger partial charge in [-0.2, -0.15) is 13.2 Å². The number of hydrogen-bond acceptors (Lipinski definition) is 3. The topological polar surface area (TPSA) is 55.6 Å². The Labute approximate surface area is 78.8 Å². The van der Waals surface area contributed by atoms with Crippen molar-refractivity contribution in [2.45, 2.75) is 18.7 Å². The van der Waals surface area contributed by atoms with Crippen LogP contribution in [0.15, 0.2) is 0 Å². The Morgan fingerprint density at radius 2 is 2.07 bits per heavy atom. The Morgan fingerprint density at radius 3 is 2.50 bits per heavy atom. The molecule has 0 aromatic carbocycles. The maximum absolute atomic E-state index is 11.8. The first-order valence-corrected chi connectivity index (χ1v) is 4.12. The first-order chi connectivity index (χ1) is 6.37. The molecule has 0 aromatic rings. The van der Waals surface area contributed by atoms with Gasteiger partial charge in [0.25, 0.3) is 0 Å². The van der Waals surface area contributed by atoms with E-state index in [0.29, 0.717) is 13.1 Å². The molecule has 82 valence electrons. The number of likely N-dealkylation sites (tertiary alicyclic amines) is 1. The van der Waals surface area contributed by atoms with Crippen LogP contribution in [0.5, 0.6) is 0 Å². The molecule has 1 aliphatic rings. The quantitative estimate of drug-likeness (QED) is 0.749. The maximum Gasteiger partial charge on any atom is 0.404 e. The number of alkyl halides is 3. The summed E-state index contributed by atoms with van der Waals surface area (Å²) >= 11 is 0. The number of nitrogens with zero attached hydrogens (tertiary/aromatic N) is 1. The van der Waals surface area contributed by atoms with Crippen molar-refractivity contribution in [3.05, 3.63) is 0 Å². The van der Waals surface area contributed by atoms with E-state index >= 15 is 0 Å². The highest BCUT2D eigenvalue weighted by Gasteiger charge is 2.33. The third-order valence-corrected chi connectivity index (χ3v) is 1.92. The highest BCUT2D eigenvalue weighted by atomic mass is 19.4. The molecule has 1 heterocycles. The van der Waals surface area contributed by atoms with E-state index < -0.39 is 18.7 Å². The van der Waals surface area contributed by atoms with Gasteiger partial charge in [-0.1, -0.05) is 0 Å². The van der Waals surface area contributed by atoms with Gasteiger partial charge in [-0.05, 0) is 0 Å². The van der Waals surface area contributed by atoms with E-state index in [0.717, 1.165) is 0 Å². The van der Waals surface area contributed by atoms with Crippen LogP contribution in [0.4, 0.5) is 18.0 Å². The molecule has 7 heteroatoms. The van der Waals surface area contributed by atoms with Crippen molar-refractivity contribution in [2.24, 2.45) is 5.73 Å². The molecule has 0 aliphatic carbocycles. The average Bonchev–Trinajstić information content (AvgIpc) is 1.90. The first kappa shape index (κ1) is 11.1. The smallest absolute Gasteiger partial charge is 0.404 e. The standard InChI is InChI=1S/C7H11F3N2O2/c8-7(9,10)1-2-12-3-5(4-12)14-6(11)13/h5H,1-4H2,(H2,11,13). The third-order valence-electron chi connectivity index (χ3n) is 1.92. The lowest BCUT2D eigenvalue weighted by Crippen LogP contribution is -2.53. The predicted molar refractivity (Wildman–Crippen MR) is 41.6 cm³/mol. The summed E-state index contributed by atoms with van der Waals surface area (Å²) in [5, 5.41) is 0. The van der Waals surface area contributed by atoms with Crippen molar-refractivity contribution in [3.8, 4) is 0 Å². The number of ether oxygens (including phenoxy) is 1. The fourth-order valence-corrected chi connectivity index (χ4v) is 1.23. The van der Waals surface area contributed by atoms with Gasteiger partial charge in [0, 0.05) is 19.6 Å². The summed E-state index contributed by atoms with van der Waals surface area (Å²) in [5.41, 5.74) is 4.73. The molecule has 1 aliphatic heterocycles. The molecule has 0 radical (unpaired) electrons. The molecule has 0 bridgehead atoms. The second-order valence-corrected chi connectivity index (χ2v) is 3.18. The van der Waals surface area contributed by atoms with E-state index in [1.165, 1.54) is 0 Å². The van der Waals surface area contributed by atoms with Crippen LogP contribution in [0.3, 0.4) is 0 Å². The van der Waals surface area contributed by atoms with Crippen LogP contribution in [0.1, 0.15) is 6.42 Å². The number of carbonyl (C=O) groups is 1. The largest absolute Gasteiger partial charge is 0.444 e. The average molecular weight is 212 g/mol. The van der Waals surface area contributed by atoms with Crippen molar-refractivity contribution >= 4 is 6.09 Å². The summed E-state index contributed by atoms with van der Waals surface area (Å²) in [6, 6.07) is 0. The Morgan fingerprint density at radius 1 is 1.50 bits per heavy atom. The number of amides is 1. The zero-order valence-corrected chi connectivity index (χ0v) is 7.38. The summed E-state index contributed by atoms with van der Waals surface area (Å²) in [5.74, 6) is 0. The highest BCUT2D eigenvalue weighted by molar-refractivity contribution is 5.64. The van der Waals surface area contributed by atoms with Gasteiger partial charge in [0.15, 0.2) is 0 Å². The minimum Gasteiger partial charge on any atom is -0.444 e. The summed E-state index contributed by atoms with van der Waals surface area (Å²) in [6.45, 7) is 0.611. The molecule has 0 atom stereocenters. The Hall–Kier alpha value is -0.980. The molecule has 1 amide bonds. The van der Waals surface area contributed by atoms with E-state index in [2.05, 4.69) is 4.74 Å². The van der Waals surface area contributed by atoms with Crippen molar-refractivity contribution < 1.29 is 22.7 Å². The molecule has 0 spiro atoms. The van der Waals surface area contributed by atoms with Crippen molar-refractivity contribution in [3.63, 3.8) is 0 Å². The van der Waals surface area contributed by atoms with Gasteiger partial charge in [0.05, 0.1) is 6.42 Å². The number of halogens is 3. The van der Waals surface area contributed by atoms with E-state index in [1.54, 1.807) is 4.90 Å². The minimum absolute atomic E-state index is 0.0535. The van der Waals surface area contributed by atoms with Gasteiger partial charge in [-0.15, -0.1) is 0 Å². The molecule has 0 saturated carbocycles. The summed E-state index contributed by atoms with van der Waals surface area (Å²) in [4.78, 5) is 11.8. The minimum atomic E-state index is -4.13. The van der Waals surface area contributed by atoms with E-state index in [1.807, 2.05) is 0 Å². The van der Waals surface area contributed by atoms with Crippen molar-refractivity contribution in [1.29, 1.82) is 0 Å². The van der Waals surface area contributed by atoms with Gasteiger partial charge >= 0.3 is 12.3 Å². The van der Waals surface area contributed by atoms with Gasteiger partial charge in [0.2, 0.25) is 0 Å². The van der Waals surface area contributed by atoms with E-state index in [9.17, 15) is 18.0 Å². The van der Waals surface area contributed by atoms with Crippen molar-refractivity contribution in [2.75, 3.05) is 19.6 Å². The summed E-state index contributed by atoms with van der Waals surface area (Å²) in [7, 11) is 0. The van der Waals surface area contributed by atoms with Crippen LogP contribution in [0.25, 0.3) is 0 Å². The molecule has 4 nitrogen and oxygen atoms in total. The van der Waals surface area contributed by atoms with Crippen LogP contribution >= 0.6 is 0 Å². The molecule has 1 saturated heterocycles. The predicted octanol–water partition coefficient (Wildman–Crippen LogP) is 0.718. The summed E-state index contributed by atoms with van der Waals surface area (Å²) in [6.07, 6.45) is -6.20. The lowest BCUT2D eigenvalue weighted by Gasteiger charge is -2.37. The zero-order chi connectivity index (χ0) is 10.8. The number of carbonyl (C=O) groups excluding carboxylic acids is 1. The van der Waals surface area contributed by atoms with Gasteiger partial charge in [-0.25, -0.2) is 4.79 Å². The van der Waals surface area contributed by atoms with Crippen LogP contribution in [-0.2, 0) is 4.74 Å². The lowest BCUT2D eigenvalue weighted by molar-refractivity contribution is -0.143. The SMILES string of the molecule is NC(=O)OC1CN(CCC(F)(F)F)C1. The molecule has 1 fully saturated rings. The second kappa shape index (κ2) is 4.04. The normalized spacial score (nSPS) is 19.1. The van der Waals surface area contributed by atoms with E-state index in [-0.39, 0.29) is 12.6 Å². The first-order valence-electron chi connectivity index (χ1n) is 4.12. The van der Waals surface area contributed by atoms with Crippen LogP contribution in [0, 0.1) is 0 Å². The zero-order valence-electron chi connectivity index (χ0n) is 7.38. The lowest BCUT2D eigenvalue weighted by atomic mass is 10.1. The number of hydrogen-bond donors (Lipinski definition) is 1. The molecule has 2 N–H and O–H groups in total. The van der Waals surface area contributed by atoms with Crippen molar-refractivity contribution in [1.82, 2.24) is 4.90 Å². The van der Waals surface area contributed by atoms with Gasteiger partial charge in [0.1, 0.15) is 6.10 Å². The van der Waals surface area contributed by atoms with Gasteiger partial charge < -0.3 is 10.5 Å². The number of nitrogens with two attached hydrogens (primary N) is 1. The Balaban J connectivity index is 2.07. The molecular weight excluding hydrogens is 201 g/mol. The fraction of sp³-hybridized carbons (Fsp3) is 0.857.